The van der Waals surface area contributed by atoms with Crippen LogP contribution in [0.25, 0.3) is 0 Å². The first-order valence-corrected chi connectivity index (χ1v) is 3.96. The highest BCUT2D eigenvalue weighted by molar-refractivity contribution is 6.31. The van der Waals surface area contributed by atoms with Gasteiger partial charge < -0.3 is 0 Å². The first kappa shape index (κ1) is 11.3. The van der Waals surface area contributed by atoms with Gasteiger partial charge in [0.2, 0.25) is 0 Å². The Labute approximate surface area is 82.8 Å². The zero-order valence-corrected chi connectivity index (χ0v) is 7.89. The molecule has 0 aliphatic rings. The van der Waals surface area contributed by atoms with Gasteiger partial charge in [-0.25, -0.2) is 5.43 Å². The van der Waals surface area contributed by atoms with E-state index in [1.807, 2.05) is 0 Å². The highest BCUT2D eigenvalue weighted by Crippen LogP contribution is 2.34. The van der Waals surface area contributed by atoms with Crippen LogP contribution in [0, 0.1) is 0 Å². The van der Waals surface area contributed by atoms with Gasteiger partial charge in [-0.15, -0.1) is 0 Å². The van der Waals surface area contributed by atoms with E-state index in [4.69, 9.17) is 17.4 Å². The molecular weight excluding hydrogens is 221 g/mol. The van der Waals surface area contributed by atoms with Gasteiger partial charge >= 0.3 is 6.18 Å². The Hall–Kier alpha value is -0.790. The topological polar surface area (TPSA) is 55.9 Å². The molecule has 4 nitrogen and oxygen atoms in total. The Bertz CT molecular complexity index is 302. The molecule has 0 aliphatic heterocycles. The van der Waals surface area contributed by atoms with E-state index in [1.165, 1.54) is 7.05 Å². The summed E-state index contributed by atoms with van der Waals surface area (Å²) in [4.78, 5) is 0. The molecule has 0 saturated heterocycles. The zero-order valence-electron chi connectivity index (χ0n) is 7.14. The summed E-state index contributed by atoms with van der Waals surface area (Å²) in [6.45, 7) is 0. The number of hydrogen-bond donors (Lipinski definition) is 2. The van der Waals surface area contributed by atoms with Crippen LogP contribution in [0.15, 0.2) is 6.20 Å². The summed E-state index contributed by atoms with van der Waals surface area (Å²) in [5, 5.41) is 3.51. The maximum absolute atomic E-state index is 12.4. The van der Waals surface area contributed by atoms with E-state index in [2.05, 4.69) is 5.10 Å². The molecule has 14 heavy (non-hydrogen) atoms. The summed E-state index contributed by atoms with van der Waals surface area (Å²) >= 11 is 5.55. The van der Waals surface area contributed by atoms with Gasteiger partial charge in [-0.05, 0) is 0 Å². The summed E-state index contributed by atoms with van der Waals surface area (Å²) in [5.41, 5.74) is 1.45. The molecule has 0 amide bonds. The summed E-state index contributed by atoms with van der Waals surface area (Å²) in [6, 6.07) is -2.01. The molecule has 1 rings (SSSR count). The smallest absolute Gasteiger partial charge is 0.271 e. The molecule has 0 spiro atoms. The van der Waals surface area contributed by atoms with Crippen LogP contribution in [0.2, 0.25) is 5.02 Å². The Kier molecular flexibility index (Phi) is 3.03. The second-order valence-corrected chi connectivity index (χ2v) is 3.05. The number of rotatable bonds is 2. The Balaban J connectivity index is 3.13. The van der Waals surface area contributed by atoms with Gasteiger partial charge in [0.1, 0.15) is 0 Å². The molecule has 1 unspecified atom stereocenters. The Morgan fingerprint density at radius 1 is 1.64 bits per heavy atom. The molecule has 0 bridgehead atoms. The predicted molar refractivity (Wildman–Crippen MR) is 44.3 cm³/mol. The SMILES string of the molecule is Cn1ncc(Cl)c1C(NN)C(F)(F)F. The summed E-state index contributed by atoms with van der Waals surface area (Å²) in [6.07, 6.45) is -3.38. The van der Waals surface area contributed by atoms with Crippen LogP contribution in [-0.2, 0) is 7.05 Å². The fraction of sp³-hybridized carbons (Fsp3) is 0.500. The van der Waals surface area contributed by atoms with Crippen LogP contribution in [0.5, 0.6) is 0 Å². The lowest BCUT2D eigenvalue weighted by molar-refractivity contribution is -0.159. The minimum atomic E-state index is -4.51. The molecule has 0 radical (unpaired) electrons. The first-order chi connectivity index (χ1) is 6.38. The second-order valence-electron chi connectivity index (χ2n) is 2.64. The van der Waals surface area contributed by atoms with E-state index in [9.17, 15) is 13.2 Å². The molecular formula is C6H8ClF3N4. The number of nitrogens with two attached hydrogens (primary N) is 1. The van der Waals surface area contributed by atoms with Crippen LogP contribution in [0.3, 0.4) is 0 Å². The van der Waals surface area contributed by atoms with E-state index < -0.39 is 12.2 Å². The number of nitrogens with one attached hydrogen (secondary N) is 1. The van der Waals surface area contributed by atoms with Gasteiger partial charge in [-0.3, -0.25) is 10.5 Å². The summed E-state index contributed by atoms with van der Waals surface area (Å²) in [7, 11) is 1.36. The average Bonchev–Trinajstić information content (AvgIpc) is 2.34. The van der Waals surface area contributed by atoms with Crippen molar-refractivity contribution < 1.29 is 13.2 Å². The predicted octanol–water partition coefficient (Wildman–Crippen LogP) is 1.14. The molecule has 0 aliphatic carbocycles. The average molecular weight is 229 g/mol. The van der Waals surface area contributed by atoms with E-state index in [1.54, 1.807) is 5.43 Å². The lowest BCUT2D eigenvalue weighted by atomic mass is 10.2. The van der Waals surface area contributed by atoms with Gasteiger partial charge in [0, 0.05) is 7.05 Å². The third-order valence-electron chi connectivity index (χ3n) is 1.71. The number of hydrazine groups is 1. The van der Waals surface area contributed by atoms with Crippen LogP contribution < -0.4 is 11.3 Å². The Morgan fingerprint density at radius 3 is 2.50 bits per heavy atom. The minimum Gasteiger partial charge on any atom is -0.271 e. The summed E-state index contributed by atoms with van der Waals surface area (Å²) < 4.78 is 38.2. The van der Waals surface area contributed by atoms with Crippen molar-refractivity contribution in [1.29, 1.82) is 0 Å². The van der Waals surface area contributed by atoms with E-state index in [-0.39, 0.29) is 10.7 Å². The molecule has 8 heteroatoms. The maximum Gasteiger partial charge on any atom is 0.410 e. The van der Waals surface area contributed by atoms with Gasteiger partial charge in [0.05, 0.1) is 16.9 Å². The van der Waals surface area contributed by atoms with Crippen molar-refractivity contribution >= 4 is 11.6 Å². The highest BCUT2D eigenvalue weighted by Gasteiger charge is 2.43. The van der Waals surface area contributed by atoms with Crippen LogP contribution in [0.4, 0.5) is 13.2 Å². The zero-order chi connectivity index (χ0) is 10.9. The van der Waals surface area contributed by atoms with Crippen LogP contribution in [0.1, 0.15) is 11.7 Å². The van der Waals surface area contributed by atoms with Crippen molar-refractivity contribution in [3.63, 3.8) is 0 Å². The maximum atomic E-state index is 12.4. The molecule has 0 saturated carbocycles. The van der Waals surface area contributed by atoms with Gasteiger partial charge in [-0.1, -0.05) is 11.6 Å². The monoisotopic (exact) mass is 228 g/mol. The second kappa shape index (κ2) is 3.76. The van der Waals surface area contributed by atoms with Crippen molar-refractivity contribution in [2.45, 2.75) is 12.2 Å². The minimum absolute atomic E-state index is 0.0761. The first-order valence-electron chi connectivity index (χ1n) is 3.58. The third kappa shape index (κ3) is 1.99. The standard InChI is InChI=1S/C6H8ClF3N4/c1-14-4(3(7)2-12-14)5(13-11)6(8,9)10/h2,5,13H,11H2,1H3. The van der Waals surface area contributed by atoms with Crippen LogP contribution in [-0.4, -0.2) is 16.0 Å². The van der Waals surface area contributed by atoms with Crippen molar-refractivity contribution in [3.8, 4) is 0 Å². The number of nitrogens with zero attached hydrogens (tertiary/aromatic N) is 2. The molecule has 1 aromatic rings. The molecule has 1 heterocycles. The molecule has 3 N–H and O–H groups in total. The van der Waals surface area contributed by atoms with Crippen molar-refractivity contribution in [2.24, 2.45) is 12.9 Å². The lowest BCUT2D eigenvalue weighted by Crippen LogP contribution is -2.39. The van der Waals surface area contributed by atoms with Gasteiger partial charge in [-0.2, -0.15) is 18.3 Å². The molecule has 0 aromatic carbocycles. The fourth-order valence-corrected chi connectivity index (χ4v) is 1.35. The number of alkyl halides is 3. The van der Waals surface area contributed by atoms with Gasteiger partial charge in [0.25, 0.3) is 0 Å². The van der Waals surface area contributed by atoms with Gasteiger partial charge in [0.15, 0.2) is 6.04 Å². The van der Waals surface area contributed by atoms with E-state index in [0.717, 1.165) is 10.9 Å². The summed E-state index contributed by atoms with van der Waals surface area (Å²) in [5.74, 6) is 4.82. The number of halogens is 4. The highest BCUT2D eigenvalue weighted by atomic mass is 35.5. The molecule has 0 fully saturated rings. The number of aryl methyl sites for hydroxylation is 1. The lowest BCUT2D eigenvalue weighted by Gasteiger charge is -2.19. The quantitative estimate of drug-likeness (QED) is 0.590. The fourth-order valence-electron chi connectivity index (χ4n) is 1.07. The largest absolute Gasteiger partial charge is 0.410 e. The van der Waals surface area contributed by atoms with Crippen LogP contribution >= 0.6 is 11.6 Å². The molecule has 1 atom stereocenters. The molecule has 80 valence electrons. The normalized spacial score (nSPS) is 14.4. The van der Waals surface area contributed by atoms with Crippen molar-refractivity contribution in [2.75, 3.05) is 0 Å². The number of aromatic nitrogens is 2. The Morgan fingerprint density at radius 2 is 2.21 bits per heavy atom. The number of hydrogen-bond acceptors (Lipinski definition) is 3. The van der Waals surface area contributed by atoms with Crippen molar-refractivity contribution in [3.05, 3.63) is 16.9 Å². The third-order valence-corrected chi connectivity index (χ3v) is 2.00. The van der Waals surface area contributed by atoms with E-state index in [0.29, 0.717) is 0 Å². The molecule has 1 aromatic heterocycles. The van der Waals surface area contributed by atoms with E-state index >= 15 is 0 Å². The van der Waals surface area contributed by atoms with Crippen molar-refractivity contribution in [1.82, 2.24) is 15.2 Å².